The van der Waals surface area contributed by atoms with Gasteiger partial charge in [0.05, 0.1) is 28.2 Å². The Morgan fingerprint density at radius 3 is 2.68 bits per heavy atom. The minimum atomic E-state index is -0.922. The molecule has 1 aromatic carbocycles. The van der Waals surface area contributed by atoms with Crippen LogP contribution in [0.25, 0.3) is 15.9 Å². The molecule has 3 heterocycles. The number of carbonyl (C=O) groups is 2. The van der Waals surface area contributed by atoms with Crippen LogP contribution in [0.3, 0.4) is 0 Å². The van der Waals surface area contributed by atoms with Crippen molar-refractivity contribution in [1.29, 1.82) is 0 Å². The van der Waals surface area contributed by atoms with Crippen molar-refractivity contribution in [3.63, 3.8) is 0 Å². The summed E-state index contributed by atoms with van der Waals surface area (Å²) >= 11 is 1.36. The molecule has 3 aromatic rings. The molecule has 146 valence electrons. The number of rotatable bonds is 5. The average molecular weight is 399 g/mol. The van der Waals surface area contributed by atoms with Crippen molar-refractivity contribution in [2.75, 3.05) is 13.2 Å². The van der Waals surface area contributed by atoms with E-state index >= 15 is 0 Å². The molecular formula is C20H21N3O4S. The predicted molar refractivity (Wildman–Crippen MR) is 106 cm³/mol. The Morgan fingerprint density at radius 2 is 2.00 bits per heavy atom. The van der Waals surface area contributed by atoms with Gasteiger partial charge in [-0.15, -0.1) is 11.3 Å². The second-order valence-electron chi connectivity index (χ2n) is 7.08. The standard InChI is InChI=1S/C20H21N3O4S/c1-13-15-11-16(28-19(15)23(22-13)14-5-3-2-4-6-14)18(26)21-20(12-17(24)25)7-9-27-10-8-20/h2-6,11H,7-10,12H2,1H3,(H,21,26)(H,24,25). The summed E-state index contributed by atoms with van der Waals surface area (Å²) < 4.78 is 7.20. The maximum Gasteiger partial charge on any atom is 0.305 e. The van der Waals surface area contributed by atoms with Crippen molar-refractivity contribution in [2.24, 2.45) is 0 Å². The second-order valence-corrected chi connectivity index (χ2v) is 8.11. The summed E-state index contributed by atoms with van der Waals surface area (Å²) in [6.45, 7) is 2.81. The lowest BCUT2D eigenvalue weighted by atomic mass is 9.86. The maximum absolute atomic E-state index is 13.0. The third kappa shape index (κ3) is 3.53. The molecule has 0 spiro atoms. The zero-order valence-corrected chi connectivity index (χ0v) is 16.3. The zero-order valence-electron chi connectivity index (χ0n) is 15.5. The quantitative estimate of drug-likeness (QED) is 0.687. The third-order valence-corrected chi connectivity index (χ3v) is 6.20. The molecule has 28 heavy (non-hydrogen) atoms. The lowest BCUT2D eigenvalue weighted by Crippen LogP contribution is -2.53. The number of aryl methyl sites for hydroxylation is 1. The van der Waals surface area contributed by atoms with Gasteiger partial charge in [0, 0.05) is 18.6 Å². The summed E-state index contributed by atoms with van der Waals surface area (Å²) in [5.41, 5.74) is 1.01. The van der Waals surface area contributed by atoms with Crippen molar-refractivity contribution in [3.05, 3.63) is 47.0 Å². The van der Waals surface area contributed by atoms with Crippen LogP contribution in [0.5, 0.6) is 0 Å². The monoisotopic (exact) mass is 399 g/mol. The van der Waals surface area contributed by atoms with Gasteiger partial charge in [-0.2, -0.15) is 5.10 Å². The van der Waals surface area contributed by atoms with Crippen LogP contribution in [0.15, 0.2) is 36.4 Å². The highest BCUT2D eigenvalue weighted by atomic mass is 32.1. The summed E-state index contributed by atoms with van der Waals surface area (Å²) in [5, 5.41) is 17.8. The molecule has 8 heteroatoms. The fourth-order valence-corrected chi connectivity index (χ4v) is 4.68. The van der Waals surface area contributed by atoms with Gasteiger partial charge in [0.2, 0.25) is 0 Å². The summed E-state index contributed by atoms with van der Waals surface area (Å²) in [4.78, 5) is 25.7. The van der Waals surface area contributed by atoms with E-state index in [2.05, 4.69) is 10.4 Å². The highest BCUT2D eigenvalue weighted by molar-refractivity contribution is 7.20. The van der Waals surface area contributed by atoms with Crippen LogP contribution in [0.4, 0.5) is 0 Å². The first-order chi connectivity index (χ1) is 13.5. The number of hydrogen-bond donors (Lipinski definition) is 2. The molecule has 1 saturated heterocycles. The molecule has 2 N–H and O–H groups in total. The summed E-state index contributed by atoms with van der Waals surface area (Å²) in [6, 6.07) is 11.6. The Hall–Kier alpha value is -2.71. The Morgan fingerprint density at radius 1 is 1.29 bits per heavy atom. The molecule has 0 saturated carbocycles. The highest BCUT2D eigenvalue weighted by Gasteiger charge is 2.37. The molecular weight excluding hydrogens is 378 g/mol. The van der Waals surface area contributed by atoms with Crippen LogP contribution in [0.2, 0.25) is 0 Å². The lowest BCUT2D eigenvalue weighted by molar-refractivity contribution is -0.139. The zero-order chi connectivity index (χ0) is 19.7. The van der Waals surface area contributed by atoms with Crippen LogP contribution in [0, 0.1) is 6.92 Å². The number of para-hydroxylation sites is 1. The minimum Gasteiger partial charge on any atom is -0.481 e. The molecule has 0 radical (unpaired) electrons. The van der Waals surface area contributed by atoms with Crippen LogP contribution in [0.1, 0.15) is 34.6 Å². The average Bonchev–Trinajstić information content (AvgIpc) is 3.23. The van der Waals surface area contributed by atoms with Gasteiger partial charge in [0.25, 0.3) is 5.91 Å². The van der Waals surface area contributed by atoms with Crippen LogP contribution in [-0.4, -0.2) is 45.5 Å². The van der Waals surface area contributed by atoms with Gasteiger partial charge in [-0.25, -0.2) is 4.68 Å². The molecule has 0 aliphatic carbocycles. The number of ether oxygens (including phenoxy) is 1. The first-order valence-electron chi connectivity index (χ1n) is 9.14. The van der Waals surface area contributed by atoms with Crippen molar-refractivity contribution >= 4 is 33.4 Å². The molecule has 1 amide bonds. The van der Waals surface area contributed by atoms with Gasteiger partial charge in [-0.3, -0.25) is 9.59 Å². The Kier molecular flexibility index (Phi) is 4.91. The molecule has 0 bridgehead atoms. The van der Waals surface area contributed by atoms with Gasteiger partial charge in [0.1, 0.15) is 4.83 Å². The van der Waals surface area contributed by atoms with Gasteiger partial charge in [-0.1, -0.05) is 18.2 Å². The Balaban J connectivity index is 1.65. The molecule has 1 fully saturated rings. The molecule has 7 nitrogen and oxygen atoms in total. The fourth-order valence-electron chi connectivity index (χ4n) is 3.60. The van der Waals surface area contributed by atoms with E-state index in [-0.39, 0.29) is 12.3 Å². The predicted octanol–water partition coefficient (Wildman–Crippen LogP) is 3.15. The summed E-state index contributed by atoms with van der Waals surface area (Å²) in [6.07, 6.45) is 0.878. The second kappa shape index (κ2) is 7.37. The molecule has 0 atom stereocenters. The number of carboxylic acids is 1. The van der Waals surface area contributed by atoms with Crippen molar-refractivity contribution in [1.82, 2.24) is 15.1 Å². The van der Waals surface area contributed by atoms with E-state index in [9.17, 15) is 14.7 Å². The molecule has 4 rings (SSSR count). The normalized spacial score (nSPS) is 16.2. The van der Waals surface area contributed by atoms with Crippen LogP contribution < -0.4 is 5.32 Å². The number of hydrogen-bond acceptors (Lipinski definition) is 5. The number of amides is 1. The number of aliphatic carboxylic acids is 1. The molecule has 0 unspecified atom stereocenters. The first-order valence-corrected chi connectivity index (χ1v) is 9.96. The first kappa shape index (κ1) is 18.6. The summed E-state index contributed by atoms with van der Waals surface area (Å²) in [5.74, 6) is -1.17. The van der Waals surface area contributed by atoms with E-state index in [4.69, 9.17) is 4.74 Å². The number of nitrogens with zero attached hydrogens (tertiary/aromatic N) is 2. The SMILES string of the molecule is Cc1nn(-c2ccccc2)c2sc(C(=O)NC3(CC(=O)O)CCOCC3)cc12. The van der Waals surface area contributed by atoms with Crippen molar-refractivity contribution < 1.29 is 19.4 Å². The third-order valence-electron chi connectivity index (χ3n) is 5.09. The number of carboxylic acid groups (broad SMARTS) is 1. The lowest BCUT2D eigenvalue weighted by Gasteiger charge is -2.36. The van der Waals surface area contributed by atoms with Crippen LogP contribution in [-0.2, 0) is 9.53 Å². The van der Waals surface area contributed by atoms with Crippen molar-refractivity contribution in [3.8, 4) is 5.69 Å². The number of nitrogens with one attached hydrogen (secondary N) is 1. The maximum atomic E-state index is 13.0. The van der Waals surface area contributed by atoms with E-state index in [0.29, 0.717) is 30.9 Å². The Bertz CT molecular complexity index is 1020. The van der Waals surface area contributed by atoms with Crippen LogP contribution >= 0.6 is 11.3 Å². The molecule has 1 aliphatic rings. The van der Waals surface area contributed by atoms with Gasteiger partial charge in [0.15, 0.2) is 0 Å². The molecule has 2 aromatic heterocycles. The van der Waals surface area contributed by atoms with Gasteiger partial charge in [-0.05, 0) is 38.0 Å². The summed E-state index contributed by atoms with van der Waals surface area (Å²) in [7, 11) is 0. The fraction of sp³-hybridized carbons (Fsp3) is 0.350. The number of fused-ring (bicyclic) bond motifs is 1. The van der Waals surface area contributed by atoms with Gasteiger partial charge >= 0.3 is 5.97 Å². The largest absolute Gasteiger partial charge is 0.481 e. The van der Waals surface area contributed by atoms with Gasteiger partial charge < -0.3 is 15.2 Å². The smallest absolute Gasteiger partial charge is 0.305 e. The van der Waals surface area contributed by atoms with Crippen molar-refractivity contribution in [2.45, 2.75) is 31.7 Å². The number of benzene rings is 1. The van der Waals surface area contributed by atoms with E-state index in [0.717, 1.165) is 21.6 Å². The van der Waals surface area contributed by atoms with E-state index in [1.54, 1.807) is 0 Å². The van der Waals surface area contributed by atoms with E-state index in [1.165, 1.54) is 11.3 Å². The Labute approximate surface area is 165 Å². The molecule has 1 aliphatic heterocycles. The minimum absolute atomic E-state index is 0.107. The number of thiophene rings is 1. The number of carbonyl (C=O) groups excluding carboxylic acids is 1. The highest BCUT2D eigenvalue weighted by Crippen LogP contribution is 2.32. The number of aromatic nitrogens is 2. The topological polar surface area (TPSA) is 93.5 Å². The van der Waals surface area contributed by atoms with E-state index < -0.39 is 11.5 Å². The van der Waals surface area contributed by atoms with E-state index in [1.807, 2.05) is 48.0 Å².